The SMILES string of the molecule is CCn1c2ccccc2c2cc(C(=O)C(=O)Nc3ccc4ncccc4c3)ccc21. The number of anilines is 1. The molecule has 5 heteroatoms. The molecule has 5 nitrogen and oxygen atoms in total. The van der Waals surface area contributed by atoms with Crippen LogP contribution in [0.2, 0.25) is 0 Å². The Morgan fingerprint density at radius 1 is 0.900 bits per heavy atom. The molecular weight excluding hydrogens is 374 g/mol. The Balaban J connectivity index is 1.49. The molecule has 0 aliphatic heterocycles. The van der Waals surface area contributed by atoms with Crippen molar-refractivity contribution in [2.75, 3.05) is 5.32 Å². The summed E-state index contributed by atoms with van der Waals surface area (Å²) in [4.78, 5) is 29.7. The van der Waals surface area contributed by atoms with Crippen LogP contribution in [0.4, 0.5) is 5.69 Å². The molecule has 5 aromatic rings. The Bertz CT molecular complexity index is 1450. The van der Waals surface area contributed by atoms with Crippen molar-refractivity contribution in [2.45, 2.75) is 13.5 Å². The first kappa shape index (κ1) is 18.1. The highest BCUT2D eigenvalue weighted by Crippen LogP contribution is 2.30. The van der Waals surface area contributed by atoms with Gasteiger partial charge in [0.1, 0.15) is 0 Å². The second kappa shape index (κ2) is 7.12. The van der Waals surface area contributed by atoms with Crippen LogP contribution in [0.3, 0.4) is 0 Å². The van der Waals surface area contributed by atoms with E-state index in [-0.39, 0.29) is 0 Å². The van der Waals surface area contributed by atoms with Gasteiger partial charge in [-0.2, -0.15) is 0 Å². The highest BCUT2D eigenvalue weighted by Gasteiger charge is 2.19. The summed E-state index contributed by atoms with van der Waals surface area (Å²) < 4.78 is 2.21. The van der Waals surface area contributed by atoms with Gasteiger partial charge in [0.15, 0.2) is 0 Å². The molecule has 0 aliphatic carbocycles. The monoisotopic (exact) mass is 393 g/mol. The number of rotatable bonds is 4. The number of hydrogen-bond acceptors (Lipinski definition) is 3. The summed E-state index contributed by atoms with van der Waals surface area (Å²) in [5.41, 5.74) is 3.95. The molecule has 0 bridgehead atoms. The maximum Gasteiger partial charge on any atom is 0.296 e. The molecule has 0 atom stereocenters. The molecule has 0 saturated heterocycles. The lowest BCUT2D eigenvalue weighted by molar-refractivity contribution is -0.112. The predicted octanol–water partition coefficient (Wildman–Crippen LogP) is 5.18. The summed E-state index contributed by atoms with van der Waals surface area (Å²) in [5.74, 6) is -1.21. The van der Waals surface area contributed by atoms with Gasteiger partial charge >= 0.3 is 0 Å². The van der Waals surface area contributed by atoms with E-state index in [0.29, 0.717) is 11.3 Å². The molecule has 0 fully saturated rings. The largest absolute Gasteiger partial charge is 0.341 e. The molecule has 0 aliphatic rings. The second-order valence-electron chi connectivity index (χ2n) is 7.19. The first-order valence-corrected chi connectivity index (χ1v) is 9.87. The first-order valence-electron chi connectivity index (χ1n) is 9.87. The molecular formula is C25H19N3O2. The number of benzene rings is 3. The fourth-order valence-electron chi connectivity index (χ4n) is 4.01. The van der Waals surface area contributed by atoms with Crippen LogP contribution < -0.4 is 5.32 Å². The minimum absolute atomic E-state index is 0.376. The van der Waals surface area contributed by atoms with E-state index >= 15 is 0 Å². The van der Waals surface area contributed by atoms with E-state index in [1.54, 1.807) is 18.3 Å². The number of hydrogen-bond donors (Lipinski definition) is 1. The van der Waals surface area contributed by atoms with Gasteiger partial charge in [0.25, 0.3) is 11.7 Å². The van der Waals surface area contributed by atoms with Crippen LogP contribution >= 0.6 is 0 Å². The fraction of sp³-hybridized carbons (Fsp3) is 0.0800. The molecule has 0 unspecified atom stereocenters. The van der Waals surface area contributed by atoms with Gasteiger partial charge in [0, 0.05) is 51.2 Å². The van der Waals surface area contributed by atoms with Crippen molar-refractivity contribution in [2.24, 2.45) is 0 Å². The lowest BCUT2D eigenvalue weighted by Crippen LogP contribution is -2.22. The molecule has 30 heavy (non-hydrogen) atoms. The van der Waals surface area contributed by atoms with Gasteiger partial charge in [0.2, 0.25) is 0 Å². The molecule has 1 amide bonds. The van der Waals surface area contributed by atoms with Crippen LogP contribution in [0, 0.1) is 0 Å². The molecule has 146 valence electrons. The Morgan fingerprint density at radius 2 is 1.73 bits per heavy atom. The van der Waals surface area contributed by atoms with E-state index in [1.165, 1.54) is 0 Å². The van der Waals surface area contributed by atoms with E-state index in [9.17, 15) is 9.59 Å². The van der Waals surface area contributed by atoms with Crippen LogP contribution in [-0.4, -0.2) is 21.2 Å². The first-order chi connectivity index (χ1) is 14.7. The number of nitrogens with zero attached hydrogens (tertiary/aromatic N) is 2. The quantitative estimate of drug-likeness (QED) is 0.338. The van der Waals surface area contributed by atoms with Crippen LogP contribution in [0.25, 0.3) is 32.7 Å². The highest BCUT2D eigenvalue weighted by atomic mass is 16.2. The topological polar surface area (TPSA) is 64.0 Å². The minimum Gasteiger partial charge on any atom is -0.341 e. The molecule has 5 rings (SSSR count). The van der Waals surface area contributed by atoms with E-state index in [2.05, 4.69) is 27.9 Å². The smallest absolute Gasteiger partial charge is 0.296 e. The Hall–Kier alpha value is -3.99. The summed E-state index contributed by atoms with van der Waals surface area (Å²) in [5, 5.41) is 5.66. The highest BCUT2D eigenvalue weighted by molar-refractivity contribution is 6.47. The van der Waals surface area contributed by atoms with E-state index in [0.717, 1.165) is 39.3 Å². The lowest BCUT2D eigenvalue weighted by Gasteiger charge is -2.07. The minimum atomic E-state index is -0.656. The van der Waals surface area contributed by atoms with Crippen LogP contribution in [0.15, 0.2) is 79.0 Å². The van der Waals surface area contributed by atoms with Crippen molar-refractivity contribution in [3.05, 3.63) is 84.6 Å². The number of carbonyl (C=O) groups is 2. The van der Waals surface area contributed by atoms with Crippen molar-refractivity contribution >= 4 is 50.1 Å². The number of nitrogens with one attached hydrogen (secondary N) is 1. The summed E-state index contributed by atoms with van der Waals surface area (Å²) in [6.07, 6.45) is 1.72. The van der Waals surface area contributed by atoms with E-state index in [1.807, 2.05) is 54.6 Å². The normalized spacial score (nSPS) is 11.2. The molecule has 3 aromatic carbocycles. The molecule has 2 heterocycles. The molecule has 0 spiro atoms. The number of para-hydroxylation sites is 1. The number of pyridine rings is 1. The van der Waals surface area contributed by atoms with Crippen LogP contribution in [-0.2, 0) is 11.3 Å². The number of amides is 1. The van der Waals surface area contributed by atoms with Gasteiger partial charge in [-0.05, 0) is 55.5 Å². The molecule has 0 radical (unpaired) electrons. The summed E-state index contributed by atoms with van der Waals surface area (Å²) >= 11 is 0. The van der Waals surface area contributed by atoms with Gasteiger partial charge in [-0.1, -0.05) is 24.3 Å². The predicted molar refractivity (Wildman–Crippen MR) is 120 cm³/mol. The third-order valence-corrected chi connectivity index (χ3v) is 5.42. The zero-order chi connectivity index (χ0) is 20.7. The van der Waals surface area contributed by atoms with Gasteiger partial charge in [-0.3, -0.25) is 14.6 Å². The summed E-state index contributed by atoms with van der Waals surface area (Å²) in [7, 11) is 0. The molecule has 0 saturated carbocycles. The van der Waals surface area contributed by atoms with Crippen molar-refractivity contribution in [1.82, 2.24) is 9.55 Å². The van der Waals surface area contributed by atoms with Crippen LogP contribution in [0.5, 0.6) is 0 Å². The zero-order valence-electron chi connectivity index (χ0n) is 16.4. The van der Waals surface area contributed by atoms with Crippen molar-refractivity contribution in [3.63, 3.8) is 0 Å². The van der Waals surface area contributed by atoms with Crippen LogP contribution in [0.1, 0.15) is 17.3 Å². The van der Waals surface area contributed by atoms with Gasteiger partial charge in [0.05, 0.1) is 5.52 Å². The lowest BCUT2D eigenvalue weighted by atomic mass is 10.1. The fourth-order valence-corrected chi connectivity index (χ4v) is 4.01. The number of aromatic nitrogens is 2. The number of fused-ring (bicyclic) bond motifs is 4. The molecule has 1 N–H and O–H groups in total. The number of aryl methyl sites for hydroxylation is 1. The third-order valence-electron chi connectivity index (χ3n) is 5.42. The Kier molecular flexibility index (Phi) is 4.29. The molecule has 2 aromatic heterocycles. The Morgan fingerprint density at radius 3 is 2.60 bits per heavy atom. The van der Waals surface area contributed by atoms with Crippen molar-refractivity contribution in [1.29, 1.82) is 0 Å². The maximum absolute atomic E-state index is 12.8. The maximum atomic E-state index is 12.8. The van der Waals surface area contributed by atoms with Crippen molar-refractivity contribution in [3.8, 4) is 0 Å². The number of Topliss-reactive ketones (excluding diaryl/α,β-unsaturated/α-hetero) is 1. The standard InChI is InChI=1S/C25H19N3O2/c1-2-28-22-8-4-3-7-19(22)20-15-17(9-12-23(20)28)24(29)25(30)27-18-10-11-21-16(14-18)6-5-13-26-21/h3-15H,2H2,1H3,(H,27,30). The third kappa shape index (κ3) is 2.92. The number of carbonyl (C=O) groups excluding carboxylic acids is 2. The van der Waals surface area contributed by atoms with Gasteiger partial charge in [-0.25, -0.2) is 0 Å². The second-order valence-corrected chi connectivity index (χ2v) is 7.19. The average molecular weight is 393 g/mol. The van der Waals surface area contributed by atoms with E-state index in [4.69, 9.17) is 0 Å². The number of ketones is 1. The average Bonchev–Trinajstić information content (AvgIpc) is 3.11. The summed E-state index contributed by atoms with van der Waals surface area (Å²) in [6.45, 7) is 2.92. The van der Waals surface area contributed by atoms with Crippen molar-refractivity contribution < 1.29 is 9.59 Å². The Labute approximate surface area is 173 Å². The van der Waals surface area contributed by atoms with Gasteiger partial charge in [-0.15, -0.1) is 0 Å². The zero-order valence-corrected chi connectivity index (χ0v) is 16.4. The van der Waals surface area contributed by atoms with E-state index < -0.39 is 11.7 Å². The summed E-state index contributed by atoms with van der Waals surface area (Å²) in [6, 6.07) is 22.7. The van der Waals surface area contributed by atoms with Gasteiger partial charge < -0.3 is 9.88 Å².